The lowest BCUT2D eigenvalue weighted by Gasteiger charge is -2.06. The standard InChI is InChI=1S/C34H64N3/c1-4-6-8-10-12-14-16-18-20-22-24-26-28-30-33-35-32(3)36-34(37-33)31-29-27-25-23-21-19-17-15-13-11-9-7-5-2/h3-31H2,1-2H3. The monoisotopic (exact) mass is 515 g/mol. The number of aromatic nitrogens is 3. The quantitative estimate of drug-likeness (QED) is 0.104. The Morgan fingerprint density at radius 1 is 0.351 bits per heavy atom. The molecule has 0 aromatic carbocycles. The van der Waals surface area contributed by atoms with Crippen molar-refractivity contribution in [1.29, 1.82) is 0 Å². The summed E-state index contributed by atoms with van der Waals surface area (Å²) in [7, 11) is 0. The largest absolute Gasteiger partial charge is 0.218 e. The Morgan fingerprint density at radius 2 is 0.595 bits per heavy atom. The Labute approximate surface area is 232 Å². The molecule has 0 bridgehead atoms. The van der Waals surface area contributed by atoms with Gasteiger partial charge in [-0.2, -0.15) is 0 Å². The van der Waals surface area contributed by atoms with E-state index in [-0.39, 0.29) is 0 Å². The molecule has 0 atom stereocenters. The maximum absolute atomic E-state index is 4.76. The molecule has 3 heteroatoms. The lowest BCUT2D eigenvalue weighted by Crippen LogP contribution is -2.06. The van der Waals surface area contributed by atoms with E-state index < -0.39 is 0 Å². The first-order valence-electron chi connectivity index (χ1n) is 16.8. The van der Waals surface area contributed by atoms with Gasteiger partial charge in [0.1, 0.15) is 17.5 Å². The van der Waals surface area contributed by atoms with E-state index in [2.05, 4.69) is 30.7 Å². The van der Waals surface area contributed by atoms with Gasteiger partial charge in [-0.3, -0.25) is 0 Å². The van der Waals surface area contributed by atoms with Gasteiger partial charge < -0.3 is 0 Å². The molecule has 0 saturated heterocycles. The molecule has 0 unspecified atom stereocenters. The molecular formula is C34H64N3. The molecule has 1 aromatic rings. The van der Waals surface area contributed by atoms with Gasteiger partial charge in [0.2, 0.25) is 0 Å². The molecule has 215 valence electrons. The smallest absolute Gasteiger partial charge is 0.133 e. The Bertz CT molecular complexity index is 552. The minimum atomic E-state index is 0.657. The summed E-state index contributed by atoms with van der Waals surface area (Å²) in [5, 5.41) is 0. The third-order valence-electron chi connectivity index (χ3n) is 7.78. The summed E-state index contributed by atoms with van der Waals surface area (Å²) >= 11 is 0. The lowest BCUT2D eigenvalue weighted by molar-refractivity contribution is 0.536. The number of rotatable bonds is 28. The predicted molar refractivity (Wildman–Crippen MR) is 163 cm³/mol. The number of unbranched alkanes of at least 4 members (excludes halogenated alkanes) is 24. The number of nitrogens with zero attached hydrogens (tertiary/aromatic N) is 3. The van der Waals surface area contributed by atoms with Crippen LogP contribution >= 0.6 is 0 Å². The zero-order valence-electron chi connectivity index (χ0n) is 25.3. The van der Waals surface area contributed by atoms with Crippen LogP contribution < -0.4 is 0 Å². The van der Waals surface area contributed by atoms with E-state index in [1.54, 1.807) is 0 Å². The second kappa shape index (κ2) is 26.6. The Morgan fingerprint density at radius 3 is 0.865 bits per heavy atom. The van der Waals surface area contributed by atoms with Gasteiger partial charge >= 0.3 is 0 Å². The van der Waals surface area contributed by atoms with Crippen LogP contribution in [-0.4, -0.2) is 15.0 Å². The molecular weight excluding hydrogens is 450 g/mol. The summed E-state index contributed by atoms with van der Waals surface area (Å²) in [6, 6.07) is 0. The first-order chi connectivity index (χ1) is 18.3. The van der Waals surface area contributed by atoms with Gasteiger partial charge in [0.15, 0.2) is 0 Å². The third kappa shape index (κ3) is 22.7. The molecule has 1 radical (unpaired) electrons. The van der Waals surface area contributed by atoms with Gasteiger partial charge in [-0.25, -0.2) is 15.0 Å². The van der Waals surface area contributed by atoms with Crippen molar-refractivity contribution in [2.75, 3.05) is 0 Å². The molecule has 1 aromatic heterocycles. The highest BCUT2D eigenvalue weighted by Gasteiger charge is 2.05. The Kier molecular flexibility index (Phi) is 24.5. The van der Waals surface area contributed by atoms with Crippen LogP contribution in [0.5, 0.6) is 0 Å². The van der Waals surface area contributed by atoms with Crippen LogP contribution in [0.4, 0.5) is 0 Å². The molecule has 0 saturated carbocycles. The molecule has 3 nitrogen and oxygen atoms in total. The van der Waals surface area contributed by atoms with Crippen LogP contribution in [0.2, 0.25) is 0 Å². The van der Waals surface area contributed by atoms with Gasteiger partial charge in [-0.05, 0) is 12.8 Å². The van der Waals surface area contributed by atoms with Crippen LogP contribution in [0.1, 0.15) is 198 Å². The topological polar surface area (TPSA) is 38.7 Å². The van der Waals surface area contributed by atoms with E-state index in [0.29, 0.717) is 5.82 Å². The first-order valence-corrected chi connectivity index (χ1v) is 16.8. The highest BCUT2D eigenvalue weighted by atomic mass is 15.0. The van der Waals surface area contributed by atoms with E-state index in [4.69, 9.17) is 4.98 Å². The molecule has 1 heterocycles. The summed E-state index contributed by atoms with van der Waals surface area (Å²) in [6.45, 7) is 8.59. The van der Waals surface area contributed by atoms with Crippen LogP contribution in [0.3, 0.4) is 0 Å². The van der Waals surface area contributed by atoms with E-state index in [9.17, 15) is 0 Å². The SMILES string of the molecule is [CH2]c1nc(CCCCCCCCCCCCCCC)nc(CCCCCCCCCCCCCCC)n1. The average molecular weight is 515 g/mol. The molecule has 0 N–H and O–H groups in total. The highest BCUT2D eigenvalue weighted by molar-refractivity contribution is 5.00. The lowest BCUT2D eigenvalue weighted by atomic mass is 10.0. The second-order valence-electron chi connectivity index (χ2n) is 11.6. The molecule has 0 amide bonds. The minimum Gasteiger partial charge on any atom is -0.218 e. The highest BCUT2D eigenvalue weighted by Crippen LogP contribution is 2.15. The maximum atomic E-state index is 4.76. The summed E-state index contributed by atoms with van der Waals surface area (Å²) < 4.78 is 0. The fourth-order valence-corrected chi connectivity index (χ4v) is 5.35. The van der Waals surface area contributed by atoms with E-state index in [0.717, 1.165) is 24.5 Å². The zero-order valence-corrected chi connectivity index (χ0v) is 25.3. The van der Waals surface area contributed by atoms with Gasteiger partial charge in [0, 0.05) is 19.8 Å². The molecule has 1 rings (SSSR count). The van der Waals surface area contributed by atoms with Crippen molar-refractivity contribution in [1.82, 2.24) is 15.0 Å². The average Bonchev–Trinajstić information content (AvgIpc) is 2.89. The van der Waals surface area contributed by atoms with Crippen molar-refractivity contribution in [3.8, 4) is 0 Å². The number of hydrogen-bond acceptors (Lipinski definition) is 3. The third-order valence-corrected chi connectivity index (χ3v) is 7.78. The number of hydrogen-bond donors (Lipinski definition) is 0. The molecule has 0 aliphatic heterocycles. The van der Waals surface area contributed by atoms with Crippen LogP contribution in [0.15, 0.2) is 0 Å². The summed E-state index contributed by atoms with van der Waals surface area (Å²) in [5.41, 5.74) is 0. The predicted octanol–water partition coefficient (Wildman–Crippen LogP) is 11.3. The van der Waals surface area contributed by atoms with Crippen LogP contribution in [-0.2, 0) is 12.8 Å². The van der Waals surface area contributed by atoms with Crippen molar-refractivity contribution in [2.45, 2.75) is 194 Å². The Balaban J connectivity index is 1.97. The van der Waals surface area contributed by atoms with E-state index in [1.807, 2.05) is 0 Å². The summed E-state index contributed by atoms with van der Waals surface area (Å²) in [5.74, 6) is 2.59. The van der Waals surface area contributed by atoms with E-state index in [1.165, 1.54) is 167 Å². The zero-order chi connectivity index (χ0) is 26.7. The number of aryl methyl sites for hydroxylation is 2. The van der Waals surface area contributed by atoms with Crippen molar-refractivity contribution in [2.24, 2.45) is 0 Å². The molecule has 0 fully saturated rings. The molecule has 0 spiro atoms. The fraction of sp³-hybridized carbons (Fsp3) is 0.882. The summed E-state index contributed by atoms with van der Waals surface area (Å²) in [4.78, 5) is 13.8. The second-order valence-corrected chi connectivity index (χ2v) is 11.6. The van der Waals surface area contributed by atoms with Crippen LogP contribution in [0.25, 0.3) is 0 Å². The minimum absolute atomic E-state index is 0.657. The normalized spacial score (nSPS) is 11.4. The molecule has 37 heavy (non-hydrogen) atoms. The van der Waals surface area contributed by atoms with Gasteiger partial charge in [0.25, 0.3) is 0 Å². The van der Waals surface area contributed by atoms with Crippen LogP contribution in [0, 0.1) is 6.92 Å². The van der Waals surface area contributed by atoms with Crippen molar-refractivity contribution >= 4 is 0 Å². The van der Waals surface area contributed by atoms with Gasteiger partial charge in [-0.1, -0.05) is 168 Å². The fourth-order valence-electron chi connectivity index (χ4n) is 5.35. The first kappa shape index (κ1) is 34.0. The van der Waals surface area contributed by atoms with Crippen molar-refractivity contribution < 1.29 is 0 Å². The van der Waals surface area contributed by atoms with E-state index >= 15 is 0 Å². The van der Waals surface area contributed by atoms with Gasteiger partial charge in [-0.15, -0.1) is 0 Å². The maximum Gasteiger partial charge on any atom is 0.133 e. The van der Waals surface area contributed by atoms with Crippen molar-refractivity contribution in [3.63, 3.8) is 0 Å². The van der Waals surface area contributed by atoms with Crippen molar-refractivity contribution in [3.05, 3.63) is 24.4 Å². The van der Waals surface area contributed by atoms with Gasteiger partial charge in [0.05, 0.1) is 0 Å². The summed E-state index contributed by atoms with van der Waals surface area (Å²) in [6.07, 6.45) is 38.0. The molecule has 0 aliphatic rings. The molecule has 0 aliphatic carbocycles. The Hall–Kier alpha value is -0.990.